The third-order valence-corrected chi connectivity index (χ3v) is 3.54. The van der Waals surface area contributed by atoms with Gasteiger partial charge in [0, 0.05) is 4.47 Å². The smallest absolute Gasteiger partial charge is 0.316 e. The highest BCUT2D eigenvalue weighted by Gasteiger charge is 2.40. The van der Waals surface area contributed by atoms with E-state index in [4.69, 9.17) is 9.84 Å². The van der Waals surface area contributed by atoms with Gasteiger partial charge in [0.05, 0.1) is 0 Å². The first kappa shape index (κ1) is 15.2. The molecule has 0 aliphatic heterocycles. The molecule has 1 aromatic rings. The second-order valence-electron chi connectivity index (χ2n) is 4.18. The summed E-state index contributed by atoms with van der Waals surface area (Å²) in [5.74, 6) is -1.25. The highest BCUT2D eigenvalue weighted by atomic mass is 79.9. The monoisotopic (exact) mass is 378 g/mol. The lowest BCUT2D eigenvalue weighted by atomic mass is 9.89. The minimum atomic E-state index is -1.50. The van der Waals surface area contributed by atoms with Gasteiger partial charge in [0.2, 0.25) is 10.8 Å². The Morgan fingerprint density at radius 2 is 1.78 bits per heavy atom. The van der Waals surface area contributed by atoms with Crippen LogP contribution in [-0.2, 0) is 9.59 Å². The maximum absolute atomic E-state index is 11.9. The molecule has 0 spiro atoms. The second kappa shape index (κ2) is 5.84. The Labute approximate surface area is 122 Å². The summed E-state index contributed by atoms with van der Waals surface area (Å²) in [7, 11) is 0. The molecule has 4 nitrogen and oxygen atoms in total. The molecule has 18 heavy (non-hydrogen) atoms. The van der Waals surface area contributed by atoms with Crippen molar-refractivity contribution >= 4 is 43.6 Å². The van der Waals surface area contributed by atoms with Crippen LogP contribution in [0.25, 0.3) is 0 Å². The van der Waals surface area contributed by atoms with Crippen molar-refractivity contribution in [3.8, 4) is 5.75 Å². The summed E-state index contributed by atoms with van der Waals surface area (Å²) in [4.78, 5) is 22.9. The third kappa shape index (κ3) is 3.55. The second-order valence-corrected chi connectivity index (χ2v) is 5.93. The van der Waals surface area contributed by atoms with Crippen molar-refractivity contribution in [3.63, 3.8) is 0 Å². The summed E-state index contributed by atoms with van der Waals surface area (Å²) >= 11 is 6.34. The van der Waals surface area contributed by atoms with Crippen LogP contribution in [0.1, 0.15) is 13.8 Å². The van der Waals surface area contributed by atoms with Gasteiger partial charge in [-0.3, -0.25) is 9.59 Å². The van der Waals surface area contributed by atoms with Gasteiger partial charge in [-0.05, 0) is 54.0 Å². The molecule has 0 heterocycles. The van der Waals surface area contributed by atoms with E-state index in [0.29, 0.717) is 5.75 Å². The molecule has 0 aliphatic carbocycles. The maximum atomic E-state index is 11.9. The lowest BCUT2D eigenvalue weighted by Crippen LogP contribution is -2.40. The van der Waals surface area contributed by atoms with Crippen molar-refractivity contribution in [2.75, 3.05) is 0 Å². The fraction of sp³-hybridized carbons (Fsp3) is 0.333. The van der Waals surface area contributed by atoms with Crippen LogP contribution in [0.2, 0.25) is 0 Å². The molecule has 0 aromatic heterocycles. The van der Waals surface area contributed by atoms with E-state index in [1.54, 1.807) is 24.3 Å². The number of hydrogen-bond acceptors (Lipinski definition) is 3. The predicted molar refractivity (Wildman–Crippen MR) is 73.9 cm³/mol. The van der Waals surface area contributed by atoms with Gasteiger partial charge in [-0.15, -0.1) is 0 Å². The van der Waals surface area contributed by atoms with E-state index in [1.165, 1.54) is 13.8 Å². The van der Waals surface area contributed by atoms with Crippen LogP contribution in [0.5, 0.6) is 5.75 Å². The Balaban J connectivity index is 2.77. The average molecular weight is 380 g/mol. The number of aliphatic carboxylic acids is 1. The molecule has 1 unspecified atom stereocenters. The lowest BCUT2D eigenvalue weighted by Gasteiger charge is -2.21. The van der Waals surface area contributed by atoms with Crippen LogP contribution in [0.3, 0.4) is 0 Å². The minimum Gasteiger partial charge on any atom is -0.481 e. The van der Waals surface area contributed by atoms with Gasteiger partial charge in [-0.25, -0.2) is 0 Å². The molecule has 1 rings (SSSR count). The van der Waals surface area contributed by atoms with Crippen molar-refractivity contribution in [1.29, 1.82) is 0 Å². The molecule has 0 saturated carbocycles. The number of carboxylic acid groups (broad SMARTS) is 1. The molecule has 0 bridgehead atoms. The Morgan fingerprint density at radius 1 is 1.28 bits per heavy atom. The zero-order chi connectivity index (χ0) is 13.9. The summed E-state index contributed by atoms with van der Waals surface area (Å²) in [6.45, 7) is 2.69. The number of hydrogen-bond donors (Lipinski definition) is 1. The molecule has 98 valence electrons. The van der Waals surface area contributed by atoms with E-state index in [0.717, 1.165) is 4.47 Å². The number of carbonyl (C=O) groups is 2. The van der Waals surface area contributed by atoms with Crippen LogP contribution in [-0.4, -0.2) is 21.9 Å². The fourth-order valence-corrected chi connectivity index (χ4v) is 2.13. The van der Waals surface area contributed by atoms with Gasteiger partial charge in [0.25, 0.3) is 0 Å². The molecule has 1 N–H and O–H groups in total. The first-order valence-electron chi connectivity index (χ1n) is 5.09. The fourth-order valence-electron chi connectivity index (χ4n) is 1.08. The van der Waals surface area contributed by atoms with Crippen LogP contribution in [0.4, 0.5) is 0 Å². The molecular weight excluding hydrogens is 368 g/mol. The number of rotatable bonds is 5. The average Bonchev–Trinajstić information content (AvgIpc) is 2.30. The summed E-state index contributed by atoms with van der Waals surface area (Å²) in [6, 6.07) is 6.89. The minimum absolute atomic E-state index is 0.481. The number of Topliss-reactive ketones (excluding diaryl/α,β-unsaturated/α-hetero) is 1. The topological polar surface area (TPSA) is 63.6 Å². The van der Waals surface area contributed by atoms with Crippen LogP contribution < -0.4 is 4.74 Å². The third-order valence-electron chi connectivity index (χ3n) is 2.41. The number of ether oxygens (including phenoxy) is 1. The molecule has 0 aliphatic rings. The van der Waals surface area contributed by atoms with E-state index in [-0.39, 0.29) is 0 Å². The van der Waals surface area contributed by atoms with Gasteiger partial charge in [-0.2, -0.15) is 0 Å². The van der Waals surface area contributed by atoms with Crippen molar-refractivity contribution in [2.45, 2.75) is 18.9 Å². The molecule has 0 radical (unpaired) electrons. The zero-order valence-corrected chi connectivity index (χ0v) is 13.0. The summed E-state index contributed by atoms with van der Waals surface area (Å²) in [6.07, 6.45) is 0. The number of alkyl halides is 1. The van der Waals surface area contributed by atoms with Crippen molar-refractivity contribution in [1.82, 2.24) is 0 Å². The van der Waals surface area contributed by atoms with E-state index in [1.807, 2.05) is 0 Å². The zero-order valence-electron chi connectivity index (χ0n) is 9.81. The molecule has 1 atom stereocenters. The molecule has 1 aromatic carbocycles. The highest BCUT2D eigenvalue weighted by Crippen LogP contribution is 2.25. The van der Waals surface area contributed by atoms with Crippen molar-refractivity contribution in [2.24, 2.45) is 5.41 Å². The quantitative estimate of drug-likeness (QED) is 0.630. The first-order valence-corrected chi connectivity index (χ1v) is 6.80. The van der Waals surface area contributed by atoms with Gasteiger partial charge in [-0.1, -0.05) is 15.9 Å². The number of halogens is 2. The normalized spacial score (nSPS) is 12.9. The maximum Gasteiger partial charge on any atom is 0.316 e. The largest absolute Gasteiger partial charge is 0.481 e. The van der Waals surface area contributed by atoms with E-state index in [9.17, 15) is 9.59 Å². The first-order chi connectivity index (χ1) is 8.25. The lowest BCUT2D eigenvalue weighted by molar-refractivity contribution is -0.153. The van der Waals surface area contributed by atoms with E-state index >= 15 is 0 Å². The predicted octanol–water partition coefficient (Wildman–Crippen LogP) is 3.23. The molecule has 0 saturated heterocycles. The Morgan fingerprint density at radius 3 is 2.22 bits per heavy atom. The van der Waals surface area contributed by atoms with Gasteiger partial charge >= 0.3 is 5.97 Å². The Hall–Kier alpha value is -0.880. The van der Waals surface area contributed by atoms with Gasteiger partial charge in [0.15, 0.2) is 0 Å². The van der Waals surface area contributed by atoms with E-state index < -0.39 is 22.2 Å². The van der Waals surface area contributed by atoms with Crippen LogP contribution in [0.15, 0.2) is 28.7 Å². The van der Waals surface area contributed by atoms with Gasteiger partial charge < -0.3 is 9.84 Å². The Bertz CT molecular complexity index is 454. The summed E-state index contributed by atoms with van der Waals surface area (Å²) < 4.78 is 6.24. The van der Waals surface area contributed by atoms with Crippen molar-refractivity contribution < 1.29 is 19.4 Å². The number of carboxylic acids is 1. The van der Waals surface area contributed by atoms with E-state index in [2.05, 4.69) is 31.9 Å². The van der Waals surface area contributed by atoms with Crippen LogP contribution in [0, 0.1) is 5.41 Å². The number of carbonyl (C=O) groups excluding carboxylic acids is 1. The summed E-state index contributed by atoms with van der Waals surface area (Å²) in [5.41, 5.74) is -1.50. The molecule has 6 heteroatoms. The molecular formula is C12H12Br2O4. The highest BCUT2D eigenvalue weighted by molar-refractivity contribution is 9.10. The SMILES string of the molecule is CC(C)(C(=O)O)C(=O)C(Br)Oc1ccc(Br)cc1. The number of ketones is 1. The van der Waals surface area contributed by atoms with Crippen LogP contribution >= 0.6 is 31.9 Å². The molecule has 0 amide bonds. The summed E-state index contributed by atoms with van der Waals surface area (Å²) in [5, 5.41) is 7.96. The van der Waals surface area contributed by atoms with Crippen molar-refractivity contribution in [3.05, 3.63) is 28.7 Å². The molecule has 0 fully saturated rings. The van der Waals surface area contributed by atoms with Gasteiger partial charge in [0.1, 0.15) is 11.2 Å². The number of benzene rings is 1. The standard InChI is InChI=1S/C12H12Br2O4/c1-12(2,11(16)17)9(15)10(14)18-8-5-3-7(13)4-6-8/h3-6,10H,1-2H3,(H,16,17). The Kier molecular flexibility index (Phi) is 4.92.